The topological polar surface area (TPSA) is 31.9 Å². The minimum absolute atomic E-state index is 0.940. The molecule has 0 fully saturated rings. The number of aryl methyl sites for hydroxylation is 1. The van der Waals surface area contributed by atoms with Gasteiger partial charge in [-0.1, -0.05) is 0 Å². The third-order valence-electron chi connectivity index (χ3n) is 2.34. The van der Waals surface area contributed by atoms with E-state index in [0.717, 1.165) is 16.0 Å². The molecule has 0 aliphatic carbocycles. The van der Waals surface area contributed by atoms with Gasteiger partial charge in [-0.25, -0.2) is 4.98 Å². The molecule has 1 N–H and O–H groups in total. The normalized spacial score (nSPS) is 10.3. The zero-order valence-electron chi connectivity index (χ0n) is 8.66. The monoisotopic (exact) mass is 265 g/mol. The second kappa shape index (κ2) is 4.06. The lowest BCUT2D eigenvalue weighted by atomic mass is 10.3. The van der Waals surface area contributed by atoms with Gasteiger partial charge < -0.3 is 9.88 Å². The molecule has 0 aliphatic heterocycles. The van der Waals surface area contributed by atoms with E-state index in [0.29, 0.717) is 0 Å². The highest BCUT2D eigenvalue weighted by Gasteiger charge is 2.06. The maximum atomic E-state index is 4.36. The van der Waals surface area contributed by atoms with Crippen LogP contribution in [0.1, 0.15) is 5.56 Å². The molecule has 15 heavy (non-hydrogen) atoms. The van der Waals surface area contributed by atoms with Crippen molar-refractivity contribution in [3.8, 4) is 0 Å². The Balaban J connectivity index is 2.34. The van der Waals surface area contributed by atoms with Gasteiger partial charge >= 0.3 is 0 Å². The first-order valence-electron chi connectivity index (χ1n) is 4.67. The molecule has 78 valence electrons. The SMILES string of the molecule is Cc1cc(N(C)c2cc[nH]c2)ncc1Br. The van der Waals surface area contributed by atoms with Gasteiger partial charge in [0, 0.05) is 30.1 Å². The summed E-state index contributed by atoms with van der Waals surface area (Å²) >= 11 is 3.44. The minimum Gasteiger partial charge on any atom is -0.366 e. The van der Waals surface area contributed by atoms with Gasteiger partial charge in [0.2, 0.25) is 0 Å². The van der Waals surface area contributed by atoms with E-state index in [1.54, 1.807) is 0 Å². The lowest BCUT2D eigenvalue weighted by Crippen LogP contribution is -2.10. The summed E-state index contributed by atoms with van der Waals surface area (Å²) in [5.74, 6) is 0.940. The van der Waals surface area contributed by atoms with E-state index in [9.17, 15) is 0 Å². The number of anilines is 2. The molecule has 0 atom stereocenters. The number of H-pyrrole nitrogens is 1. The lowest BCUT2D eigenvalue weighted by Gasteiger charge is -2.16. The smallest absolute Gasteiger partial charge is 0.133 e. The first-order valence-corrected chi connectivity index (χ1v) is 5.46. The zero-order chi connectivity index (χ0) is 10.8. The van der Waals surface area contributed by atoms with Crippen LogP contribution >= 0.6 is 15.9 Å². The summed E-state index contributed by atoms with van der Waals surface area (Å²) in [4.78, 5) is 9.43. The van der Waals surface area contributed by atoms with Crippen molar-refractivity contribution < 1.29 is 0 Å². The van der Waals surface area contributed by atoms with E-state index in [2.05, 4.69) is 38.9 Å². The fourth-order valence-electron chi connectivity index (χ4n) is 1.36. The molecule has 2 heterocycles. The number of hydrogen-bond acceptors (Lipinski definition) is 2. The number of aromatic nitrogens is 2. The van der Waals surface area contributed by atoms with Crippen molar-refractivity contribution in [2.24, 2.45) is 0 Å². The van der Waals surface area contributed by atoms with E-state index >= 15 is 0 Å². The van der Waals surface area contributed by atoms with Crippen molar-refractivity contribution in [1.82, 2.24) is 9.97 Å². The summed E-state index contributed by atoms with van der Waals surface area (Å²) in [6.07, 6.45) is 5.67. The summed E-state index contributed by atoms with van der Waals surface area (Å²) in [7, 11) is 2.00. The largest absolute Gasteiger partial charge is 0.366 e. The third-order valence-corrected chi connectivity index (χ3v) is 3.18. The van der Waals surface area contributed by atoms with E-state index in [1.807, 2.05) is 36.6 Å². The van der Waals surface area contributed by atoms with Crippen LogP contribution in [0.15, 0.2) is 35.2 Å². The molecule has 0 amide bonds. The van der Waals surface area contributed by atoms with Crippen LogP contribution in [0.2, 0.25) is 0 Å². The maximum Gasteiger partial charge on any atom is 0.133 e. The molecule has 0 saturated heterocycles. The average Bonchev–Trinajstić information content (AvgIpc) is 2.74. The lowest BCUT2D eigenvalue weighted by molar-refractivity contribution is 1.11. The Hall–Kier alpha value is -1.29. The molecule has 4 heteroatoms. The van der Waals surface area contributed by atoms with E-state index < -0.39 is 0 Å². The second-order valence-corrected chi connectivity index (χ2v) is 4.27. The number of rotatable bonds is 2. The number of nitrogens with one attached hydrogen (secondary N) is 1. The molecule has 0 aromatic carbocycles. The van der Waals surface area contributed by atoms with Crippen LogP contribution in [0, 0.1) is 6.92 Å². The van der Waals surface area contributed by atoms with Crippen LogP contribution in [0.4, 0.5) is 11.5 Å². The summed E-state index contributed by atoms with van der Waals surface area (Å²) in [5.41, 5.74) is 2.28. The predicted octanol–water partition coefficient (Wildman–Crippen LogP) is 3.25. The molecule has 2 aromatic rings. The van der Waals surface area contributed by atoms with Gasteiger partial charge in [-0.15, -0.1) is 0 Å². The Labute approximate surface area is 97.3 Å². The van der Waals surface area contributed by atoms with Gasteiger partial charge in [-0.3, -0.25) is 0 Å². The Morgan fingerprint density at radius 2 is 2.27 bits per heavy atom. The summed E-state index contributed by atoms with van der Waals surface area (Å²) in [5, 5.41) is 0. The number of nitrogens with zero attached hydrogens (tertiary/aromatic N) is 2. The Morgan fingerprint density at radius 3 is 2.87 bits per heavy atom. The molecule has 0 aliphatic rings. The fraction of sp³-hybridized carbons (Fsp3) is 0.182. The van der Waals surface area contributed by atoms with Crippen molar-refractivity contribution in [3.05, 3.63) is 40.8 Å². The number of halogens is 1. The molecule has 2 aromatic heterocycles. The van der Waals surface area contributed by atoms with E-state index in [1.165, 1.54) is 5.56 Å². The van der Waals surface area contributed by atoms with Crippen LogP contribution in [0.3, 0.4) is 0 Å². The summed E-state index contributed by atoms with van der Waals surface area (Å²) in [6, 6.07) is 4.07. The van der Waals surface area contributed by atoms with Crippen LogP contribution in [0.5, 0.6) is 0 Å². The number of aromatic amines is 1. The van der Waals surface area contributed by atoms with Gasteiger partial charge in [-0.2, -0.15) is 0 Å². The number of hydrogen-bond donors (Lipinski definition) is 1. The zero-order valence-corrected chi connectivity index (χ0v) is 10.2. The van der Waals surface area contributed by atoms with Gasteiger partial charge in [-0.05, 0) is 40.5 Å². The average molecular weight is 266 g/mol. The van der Waals surface area contributed by atoms with Crippen molar-refractivity contribution in [3.63, 3.8) is 0 Å². The first kappa shape index (κ1) is 10.2. The van der Waals surface area contributed by atoms with Crippen molar-refractivity contribution >= 4 is 27.4 Å². The maximum absolute atomic E-state index is 4.36. The molecule has 3 nitrogen and oxygen atoms in total. The van der Waals surface area contributed by atoms with Gasteiger partial charge in [0.05, 0.1) is 5.69 Å². The quantitative estimate of drug-likeness (QED) is 0.904. The summed E-state index contributed by atoms with van der Waals surface area (Å²) < 4.78 is 1.04. The van der Waals surface area contributed by atoms with Crippen LogP contribution < -0.4 is 4.90 Å². The highest BCUT2D eigenvalue weighted by molar-refractivity contribution is 9.10. The molecular weight excluding hydrogens is 254 g/mol. The molecule has 2 rings (SSSR count). The Bertz CT molecular complexity index is 451. The van der Waals surface area contributed by atoms with Crippen LogP contribution in [-0.4, -0.2) is 17.0 Å². The Morgan fingerprint density at radius 1 is 1.47 bits per heavy atom. The molecule has 0 saturated carbocycles. The molecule has 0 spiro atoms. The highest BCUT2D eigenvalue weighted by atomic mass is 79.9. The van der Waals surface area contributed by atoms with Gasteiger partial charge in [0.1, 0.15) is 5.82 Å². The first-order chi connectivity index (χ1) is 7.18. The van der Waals surface area contributed by atoms with Crippen molar-refractivity contribution in [1.29, 1.82) is 0 Å². The highest BCUT2D eigenvalue weighted by Crippen LogP contribution is 2.24. The third kappa shape index (κ3) is 2.04. The fourth-order valence-corrected chi connectivity index (χ4v) is 1.58. The van der Waals surface area contributed by atoms with E-state index in [4.69, 9.17) is 0 Å². The van der Waals surface area contributed by atoms with E-state index in [-0.39, 0.29) is 0 Å². The van der Waals surface area contributed by atoms with Crippen LogP contribution in [-0.2, 0) is 0 Å². The molecule has 0 bridgehead atoms. The van der Waals surface area contributed by atoms with Gasteiger partial charge in [0.25, 0.3) is 0 Å². The predicted molar refractivity (Wildman–Crippen MR) is 65.5 cm³/mol. The van der Waals surface area contributed by atoms with Crippen molar-refractivity contribution in [2.45, 2.75) is 6.92 Å². The standard InChI is InChI=1S/C11H12BrN3/c1-8-5-11(14-7-10(8)12)15(2)9-3-4-13-6-9/h3-7,13H,1-2H3. The molecular formula is C11H12BrN3. The number of pyridine rings is 1. The summed E-state index contributed by atoms with van der Waals surface area (Å²) in [6.45, 7) is 2.06. The Kier molecular flexibility index (Phi) is 2.77. The van der Waals surface area contributed by atoms with Crippen molar-refractivity contribution in [2.75, 3.05) is 11.9 Å². The minimum atomic E-state index is 0.940. The van der Waals surface area contributed by atoms with Crippen LogP contribution in [0.25, 0.3) is 0 Å². The molecule has 0 unspecified atom stereocenters. The second-order valence-electron chi connectivity index (χ2n) is 3.42. The van der Waals surface area contributed by atoms with Gasteiger partial charge in [0.15, 0.2) is 0 Å². The molecule has 0 radical (unpaired) electrons.